The lowest BCUT2D eigenvalue weighted by atomic mass is 9.98. The van der Waals surface area contributed by atoms with Gasteiger partial charge >= 0.3 is 0 Å². The Labute approximate surface area is 167 Å². The van der Waals surface area contributed by atoms with Crippen LogP contribution in [0, 0.1) is 18.8 Å². The summed E-state index contributed by atoms with van der Waals surface area (Å²) in [6.07, 6.45) is 3.10. The Morgan fingerprint density at radius 2 is 1.85 bits per heavy atom. The highest BCUT2D eigenvalue weighted by molar-refractivity contribution is 7.98. The Morgan fingerprint density at radius 3 is 2.37 bits per heavy atom. The van der Waals surface area contributed by atoms with Gasteiger partial charge in [-0.1, -0.05) is 31.5 Å². The number of thioether (sulfide) groups is 1. The number of benzene rings is 1. The van der Waals surface area contributed by atoms with Gasteiger partial charge in [-0.2, -0.15) is 16.5 Å². The summed E-state index contributed by atoms with van der Waals surface area (Å²) in [4.78, 5) is 12.7. The Hall–Kier alpha value is -1.09. The molecule has 0 aliphatic rings. The molecule has 0 aliphatic carbocycles. The summed E-state index contributed by atoms with van der Waals surface area (Å²) in [5.41, 5.74) is 0.964. The molecule has 1 aromatic carbocycles. The molecule has 0 bridgehead atoms. The second kappa shape index (κ2) is 11.7. The van der Waals surface area contributed by atoms with Crippen molar-refractivity contribution in [3.8, 4) is 0 Å². The molecule has 0 radical (unpaired) electrons. The topological polar surface area (TPSA) is 95.5 Å². The molecule has 0 saturated heterocycles. The number of aryl methyl sites for hydroxylation is 1. The van der Waals surface area contributed by atoms with E-state index in [9.17, 15) is 18.3 Å². The zero-order valence-corrected chi connectivity index (χ0v) is 18.2. The van der Waals surface area contributed by atoms with Crippen molar-refractivity contribution in [3.63, 3.8) is 0 Å². The van der Waals surface area contributed by atoms with Crippen molar-refractivity contribution in [3.05, 3.63) is 29.8 Å². The Morgan fingerprint density at radius 1 is 1.22 bits per heavy atom. The van der Waals surface area contributed by atoms with E-state index in [4.69, 9.17) is 0 Å². The van der Waals surface area contributed by atoms with Gasteiger partial charge in [0.25, 0.3) is 0 Å². The number of hydrogen-bond acceptors (Lipinski definition) is 5. The summed E-state index contributed by atoms with van der Waals surface area (Å²) in [6, 6.07) is 5.67. The number of amides is 1. The molecule has 0 saturated carbocycles. The first-order chi connectivity index (χ1) is 12.7. The second-order valence-corrected chi connectivity index (χ2v) is 9.89. The smallest absolute Gasteiger partial charge is 0.241 e. The maximum atomic E-state index is 12.6. The summed E-state index contributed by atoms with van der Waals surface area (Å²) >= 11 is 1.55. The molecule has 3 N–H and O–H groups in total. The van der Waals surface area contributed by atoms with Gasteiger partial charge in [0.2, 0.25) is 15.9 Å². The first-order valence-electron chi connectivity index (χ1n) is 9.16. The minimum Gasteiger partial charge on any atom is -0.396 e. The number of aliphatic hydroxyl groups excluding tert-OH is 1. The van der Waals surface area contributed by atoms with E-state index in [1.807, 2.05) is 13.2 Å². The second-order valence-electron chi connectivity index (χ2n) is 7.19. The van der Waals surface area contributed by atoms with Gasteiger partial charge in [-0.15, -0.1) is 0 Å². The van der Waals surface area contributed by atoms with Crippen LogP contribution in [-0.2, 0) is 14.8 Å². The molecule has 0 heterocycles. The van der Waals surface area contributed by atoms with E-state index in [-0.39, 0.29) is 23.3 Å². The molecule has 0 spiro atoms. The maximum Gasteiger partial charge on any atom is 0.241 e. The van der Waals surface area contributed by atoms with Crippen LogP contribution in [0.25, 0.3) is 0 Å². The van der Waals surface area contributed by atoms with Gasteiger partial charge in [-0.3, -0.25) is 4.79 Å². The van der Waals surface area contributed by atoms with Crippen molar-refractivity contribution in [2.45, 2.75) is 44.6 Å². The van der Waals surface area contributed by atoms with Crippen LogP contribution in [0.3, 0.4) is 0 Å². The average Bonchev–Trinajstić information content (AvgIpc) is 2.61. The highest BCUT2D eigenvalue weighted by Crippen LogP contribution is 2.13. The molecule has 2 atom stereocenters. The van der Waals surface area contributed by atoms with Gasteiger partial charge in [0, 0.05) is 13.2 Å². The van der Waals surface area contributed by atoms with Gasteiger partial charge in [-0.05, 0) is 55.7 Å². The van der Waals surface area contributed by atoms with Crippen molar-refractivity contribution in [2.24, 2.45) is 11.8 Å². The SMILES string of the molecule is CSCC[C@@H](NS(=O)(=O)c1ccc(C)cc1)C(=O)NC[C@H](CO)CC(C)C. The van der Waals surface area contributed by atoms with Crippen molar-refractivity contribution in [1.29, 1.82) is 0 Å². The average molecular weight is 417 g/mol. The lowest BCUT2D eigenvalue weighted by molar-refractivity contribution is -0.123. The first-order valence-corrected chi connectivity index (χ1v) is 12.0. The van der Waals surface area contributed by atoms with E-state index >= 15 is 0 Å². The van der Waals surface area contributed by atoms with Crippen LogP contribution in [-0.4, -0.2) is 50.6 Å². The van der Waals surface area contributed by atoms with E-state index in [1.165, 1.54) is 12.1 Å². The van der Waals surface area contributed by atoms with Gasteiger partial charge in [0.05, 0.1) is 4.90 Å². The first kappa shape index (κ1) is 23.9. The highest BCUT2D eigenvalue weighted by Gasteiger charge is 2.26. The molecular formula is C19H32N2O4S2. The fourth-order valence-corrected chi connectivity index (χ4v) is 4.41. The van der Waals surface area contributed by atoms with Gasteiger partial charge < -0.3 is 10.4 Å². The Kier molecular flexibility index (Phi) is 10.4. The highest BCUT2D eigenvalue weighted by atomic mass is 32.2. The van der Waals surface area contributed by atoms with Crippen LogP contribution in [0.5, 0.6) is 0 Å². The van der Waals surface area contributed by atoms with E-state index in [1.54, 1.807) is 23.9 Å². The van der Waals surface area contributed by atoms with E-state index in [2.05, 4.69) is 23.9 Å². The van der Waals surface area contributed by atoms with Crippen LogP contribution in [0.4, 0.5) is 0 Å². The van der Waals surface area contributed by atoms with Crippen LogP contribution >= 0.6 is 11.8 Å². The van der Waals surface area contributed by atoms with Crippen molar-refractivity contribution < 1.29 is 18.3 Å². The molecule has 0 fully saturated rings. The summed E-state index contributed by atoms with van der Waals surface area (Å²) in [6.45, 7) is 6.31. The summed E-state index contributed by atoms with van der Waals surface area (Å²) < 4.78 is 27.8. The summed E-state index contributed by atoms with van der Waals surface area (Å²) in [5.74, 6) is 0.668. The minimum absolute atomic E-state index is 0.0109. The molecule has 6 nitrogen and oxygen atoms in total. The zero-order chi connectivity index (χ0) is 20.4. The summed E-state index contributed by atoms with van der Waals surface area (Å²) in [7, 11) is -3.78. The lowest BCUT2D eigenvalue weighted by Gasteiger charge is -2.21. The van der Waals surface area contributed by atoms with Gasteiger partial charge in [0.1, 0.15) is 6.04 Å². The maximum absolute atomic E-state index is 12.6. The predicted molar refractivity (Wildman–Crippen MR) is 111 cm³/mol. The number of nitrogens with one attached hydrogen (secondary N) is 2. The van der Waals surface area contributed by atoms with E-state index in [0.29, 0.717) is 24.6 Å². The van der Waals surface area contributed by atoms with Crippen LogP contribution in [0.15, 0.2) is 29.2 Å². The number of aliphatic hydroxyl groups is 1. The normalized spacial score (nSPS) is 14.1. The number of rotatable bonds is 12. The lowest BCUT2D eigenvalue weighted by Crippen LogP contribution is -2.48. The van der Waals surface area contributed by atoms with Crippen LogP contribution in [0.2, 0.25) is 0 Å². The minimum atomic E-state index is -3.78. The van der Waals surface area contributed by atoms with E-state index < -0.39 is 16.1 Å². The Bertz CT molecular complexity index is 675. The molecule has 1 aromatic rings. The molecule has 154 valence electrons. The van der Waals surface area contributed by atoms with Crippen molar-refractivity contribution >= 4 is 27.7 Å². The van der Waals surface area contributed by atoms with Gasteiger partial charge in [0.15, 0.2) is 0 Å². The third-order valence-corrected chi connectivity index (χ3v) is 6.32. The molecule has 0 unspecified atom stereocenters. The number of carbonyl (C=O) groups is 1. The van der Waals surface area contributed by atoms with Crippen molar-refractivity contribution in [2.75, 3.05) is 25.2 Å². The third-order valence-electron chi connectivity index (χ3n) is 4.18. The largest absolute Gasteiger partial charge is 0.396 e. The fraction of sp³-hybridized carbons (Fsp3) is 0.632. The number of sulfonamides is 1. The number of hydrogen-bond donors (Lipinski definition) is 3. The third kappa shape index (κ3) is 8.64. The standard InChI is InChI=1S/C19H32N2O4S2/c1-14(2)11-16(13-22)12-20-19(23)18(9-10-26-4)21-27(24,25)17-7-5-15(3)6-8-17/h5-8,14,16,18,21-22H,9-13H2,1-4H3,(H,20,23)/t16-,18-/m1/s1. The molecular weight excluding hydrogens is 384 g/mol. The predicted octanol–water partition coefficient (Wildman–Crippen LogP) is 2.17. The monoisotopic (exact) mass is 416 g/mol. The zero-order valence-electron chi connectivity index (χ0n) is 16.6. The summed E-state index contributed by atoms with van der Waals surface area (Å²) in [5, 5.41) is 12.3. The molecule has 1 amide bonds. The fourth-order valence-electron chi connectivity index (χ4n) is 2.71. The van der Waals surface area contributed by atoms with Crippen LogP contribution in [0.1, 0.15) is 32.3 Å². The molecule has 0 aromatic heterocycles. The quantitative estimate of drug-likeness (QED) is 0.485. The molecule has 0 aliphatic heterocycles. The van der Waals surface area contributed by atoms with Gasteiger partial charge in [-0.25, -0.2) is 8.42 Å². The Balaban J connectivity index is 2.81. The molecule has 8 heteroatoms. The number of carbonyl (C=O) groups excluding carboxylic acids is 1. The molecule has 27 heavy (non-hydrogen) atoms. The van der Waals surface area contributed by atoms with Crippen molar-refractivity contribution in [1.82, 2.24) is 10.0 Å². The molecule has 1 rings (SSSR count). The van der Waals surface area contributed by atoms with Crippen LogP contribution < -0.4 is 10.0 Å². The van der Waals surface area contributed by atoms with E-state index in [0.717, 1.165) is 12.0 Å².